The zero-order valence-electron chi connectivity index (χ0n) is 11.2. The Morgan fingerprint density at radius 3 is 2.94 bits per heavy atom. The third-order valence-electron chi connectivity index (χ3n) is 4.48. The Kier molecular flexibility index (Phi) is 2.37. The summed E-state index contributed by atoms with van der Waals surface area (Å²) in [4.78, 5) is 14.5. The monoisotopic (exact) mass is 241 g/mol. The van der Waals surface area contributed by atoms with Gasteiger partial charge in [-0.25, -0.2) is 0 Å². The highest BCUT2D eigenvalue weighted by molar-refractivity contribution is 5.49. The van der Waals surface area contributed by atoms with Gasteiger partial charge in [0.25, 0.3) is 0 Å². The highest BCUT2D eigenvalue weighted by Gasteiger charge is 2.42. The maximum atomic E-state index is 11.5. The maximum Gasteiger partial charge on any atom is 0.248 e. The Hall–Kier alpha value is -1.57. The van der Waals surface area contributed by atoms with E-state index in [1.165, 1.54) is 16.7 Å². The summed E-state index contributed by atoms with van der Waals surface area (Å²) in [7, 11) is 0. The van der Waals surface area contributed by atoms with Gasteiger partial charge in [0.05, 0.1) is 0 Å². The van der Waals surface area contributed by atoms with E-state index in [0.717, 1.165) is 18.5 Å². The molecule has 0 aromatic carbocycles. The minimum absolute atomic E-state index is 0.0139. The fourth-order valence-corrected chi connectivity index (χ4v) is 3.93. The van der Waals surface area contributed by atoms with Crippen LogP contribution in [0.25, 0.3) is 0 Å². The van der Waals surface area contributed by atoms with Crippen molar-refractivity contribution in [2.75, 3.05) is 0 Å². The average molecular weight is 241 g/mol. The van der Waals surface area contributed by atoms with E-state index in [1.54, 1.807) is 6.07 Å². The lowest BCUT2D eigenvalue weighted by Crippen LogP contribution is -2.39. The quantitative estimate of drug-likeness (QED) is 0.696. The van der Waals surface area contributed by atoms with E-state index in [1.807, 2.05) is 6.07 Å². The van der Waals surface area contributed by atoms with Crippen LogP contribution in [0.5, 0.6) is 0 Å². The molecule has 2 bridgehead atoms. The molecular weight excluding hydrogens is 222 g/mol. The van der Waals surface area contributed by atoms with Crippen LogP contribution in [0.1, 0.15) is 38.4 Å². The van der Waals surface area contributed by atoms with Crippen molar-refractivity contribution in [1.29, 1.82) is 0 Å². The third-order valence-corrected chi connectivity index (χ3v) is 4.48. The molecule has 2 atom stereocenters. The molecule has 0 saturated heterocycles. The van der Waals surface area contributed by atoms with Crippen LogP contribution >= 0.6 is 0 Å². The van der Waals surface area contributed by atoms with Crippen molar-refractivity contribution in [2.24, 2.45) is 5.92 Å². The van der Waals surface area contributed by atoms with Crippen molar-refractivity contribution < 1.29 is 0 Å². The number of H-pyrrole nitrogens is 1. The largest absolute Gasteiger partial charge is 0.326 e. The van der Waals surface area contributed by atoms with Gasteiger partial charge < -0.3 is 4.98 Å². The van der Waals surface area contributed by atoms with Gasteiger partial charge in [0.1, 0.15) is 0 Å². The van der Waals surface area contributed by atoms with Gasteiger partial charge in [-0.3, -0.25) is 4.79 Å². The van der Waals surface area contributed by atoms with Crippen LogP contribution in [-0.4, -0.2) is 4.98 Å². The molecule has 0 amide bonds. The van der Waals surface area contributed by atoms with Gasteiger partial charge in [0.15, 0.2) is 0 Å². The lowest BCUT2D eigenvalue weighted by atomic mass is 9.59. The van der Waals surface area contributed by atoms with Gasteiger partial charge >= 0.3 is 0 Å². The summed E-state index contributed by atoms with van der Waals surface area (Å²) in [5.74, 6) is 0.458. The summed E-state index contributed by atoms with van der Waals surface area (Å²) in [5, 5.41) is 0. The lowest BCUT2D eigenvalue weighted by Gasteiger charge is -2.45. The first-order valence-electron chi connectivity index (χ1n) is 6.61. The number of aromatic nitrogens is 1. The number of rotatable bonds is 0. The molecule has 2 unspecified atom stereocenters. The van der Waals surface area contributed by atoms with Crippen LogP contribution in [0.3, 0.4) is 0 Å². The molecule has 1 aromatic rings. The van der Waals surface area contributed by atoms with Crippen molar-refractivity contribution in [3.8, 4) is 0 Å². The minimum Gasteiger partial charge on any atom is -0.326 e. The van der Waals surface area contributed by atoms with Gasteiger partial charge in [-0.05, 0) is 32.3 Å². The van der Waals surface area contributed by atoms with Crippen molar-refractivity contribution in [2.45, 2.75) is 39.0 Å². The molecule has 0 spiro atoms. The molecule has 94 valence electrons. The molecule has 0 saturated carbocycles. The number of aromatic amines is 1. The topological polar surface area (TPSA) is 32.9 Å². The standard InChI is InChI=1S/C16H19NO/c1-4-12-11-7-10(2)9-16(12,3)13-5-6-15(18)17-14(13)8-11/h4-7,11H,8-9H2,1-3H3,(H,17,18)/b12-4+. The zero-order valence-corrected chi connectivity index (χ0v) is 11.2. The second-order valence-electron chi connectivity index (χ2n) is 5.79. The number of hydrogen-bond acceptors (Lipinski definition) is 1. The number of fused-ring (bicyclic) bond motifs is 4. The van der Waals surface area contributed by atoms with Crippen molar-refractivity contribution in [3.05, 3.63) is 57.0 Å². The van der Waals surface area contributed by atoms with Crippen molar-refractivity contribution >= 4 is 0 Å². The van der Waals surface area contributed by atoms with E-state index >= 15 is 0 Å². The molecule has 2 heteroatoms. The van der Waals surface area contributed by atoms with Crippen LogP contribution in [0.2, 0.25) is 0 Å². The summed E-state index contributed by atoms with van der Waals surface area (Å²) in [5.41, 5.74) is 5.48. The summed E-state index contributed by atoms with van der Waals surface area (Å²) in [6, 6.07) is 3.68. The number of hydrogen-bond donors (Lipinski definition) is 1. The second kappa shape index (κ2) is 3.71. The van der Waals surface area contributed by atoms with Gasteiger partial charge in [0.2, 0.25) is 5.56 Å². The summed E-state index contributed by atoms with van der Waals surface area (Å²) in [6.45, 7) is 6.66. The van der Waals surface area contributed by atoms with Gasteiger partial charge in [-0.2, -0.15) is 0 Å². The van der Waals surface area contributed by atoms with Gasteiger partial charge in [-0.15, -0.1) is 0 Å². The fourth-order valence-electron chi connectivity index (χ4n) is 3.93. The normalized spacial score (nSPS) is 32.1. The van der Waals surface area contributed by atoms with Crippen molar-refractivity contribution in [3.63, 3.8) is 0 Å². The Balaban J connectivity index is 2.28. The first kappa shape index (κ1) is 11.5. The molecule has 1 heterocycles. The number of pyridine rings is 1. The summed E-state index contributed by atoms with van der Waals surface area (Å²) >= 11 is 0. The van der Waals surface area contributed by atoms with Gasteiger partial charge in [-0.1, -0.05) is 36.3 Å². The maximum absolute atomic E-state index is 11.5. The zero-order chi connectivity index (χ0) is 12.9. The SMILES string of the molecule is C/C=C1\C2C=C(C)CC1(C)c1ccc(=O)[nH]c1C2. The smallest absolute Gasteiger partial charge is 0.248 e. The second-order valence-corrected chi connectivity index (χ2v) is 5.79. The third kappa shape index (κ3) is 1.45. The molecule has 0 fully saturated rings. The minimum atomic E-state index is 0.0139. The van der Waals surface area contributed by atoms with E-state index in [0.29, 0.717) is 5.92 Å². The molecule has 1 aromatic heterocycles. The lowest BCUT2D eigenvalue weighted by molar-refractivity contribution is 0.428. The molecule has 2 nitrogen and oxygen atoms in total. The highest BCUT2D eigenvalue weighted by Crippen LogP contribution is 2.50. The molecule has 3 rings (SSSR count). The Labute approximate surface area is 107 Å². The molecule has 0 aliphatic heterocycles. The predicted molar refractivity (Wildman–Crippen MR) is 73.7 cm³/mol. The summed E-state index contributed by atoms with van der Waals surface area (Å²) in [6.07, 6.45) is 6.62. The Bertz CT molecular complexity index is 620. The van der Waals surface area contributed by atoms with Crippen LogP contribution in [0.4, 0.5) is 0 Å². The van der Waals surface area contributed by atoms with E-state index in [9.17, 15) is 4.79 Å². The van der Waals surface area contributed by atoms with Crippen LogP contribution < -0.4 is 5.56 Å². The van der Waals surface area contributed by atoms with Crippen LogP contribution in [-0.2, 0) is 11.8 Å². The molecule has 2 aliphatic rings. The predicted octanol–water partition coefficient (Wildman–Crippen LogP) is 3.10. The fraction of sp³-hybridized carbons (Fsp3) is 0.438. The Morgan fingerprint density at radius 2 is 2.22 bits per heavy atom. The first-order valence-corrected chi connectivity index (χ1v) is 6.61. The summed E-state index contributed by atoms with van der Waals surface area (Å²) < 4.78 is 0. The molecule has 2 aliphatic carbocycles. The first-order chi connectivity index (χ1) is 8.54. The van der Waals surface area contributed by atoms with E-state index in [4.69, 9.17) is 0 Å². The van der Waals surface area contributed by atoms with E-state index in [-0.39, 0.29) is 11.0 Å². The number of nitrogens with one attached hydrogen (secondary N) is 1. The van der Waals surface area contributed by atoms with Crippen molar-refractivity contribution in [1.82, 2.24) is 4.98 Å². The number of allylic oxidation sites excluding steroid dienone is 4. The van der Waals surface area contributed by atoms with E-state index in [2.05, 4.69) is 37.9 Å². The molecule has 0 radical (unpaired) electrons. The molecular formula is C16H19NO. The van der Waals surface area contributed by atoms with Crippen LogP contribution in [0, 0.1) is 5.92 Å². The average Bonchev–Trinajstić information content (AvgIpc) is 2.26. The molecule has 1 N–H and O–H groups in total. The van der Waals surface area contributed by atoms with E-state index < -0.39 is 0 Å². The van der Waals surface area contributed by atoms with Gasteiger partial charge in [0, 0.05) is 23.1 Å². The van der Waals surface area contributed by atoms with Crippen LogP contribution in [0.15, 0.2) is 40.2 Å². The Morgan fingerprint density at radius 1 is 1.44 bits per heavy atom. The highest BCUT2D eigenvalue weighted by atomic mass is 16.1. The molecule has 18 heavy (non-hydrogen) atoms.